The van der Waals surface area contributed by atoms with Gasteiger partial charge in [0.15, 0.2) is 8.73 Å². The summed E-state index contributed by atoms with van der Waals surface area (Å²) in [5.74, 6) is 0.746. The molecule has 180 valence electrons. The van der Waals surface area contributed by atoms with Gasteiger partial charge in [-0.3, -0.25) is 13.9 Å². The lowest BCUT2D eigenvalue weighted by Crippen LogP contribution is -2.21. The quantitative estimate of drug-likeness (QED) is 0.290. The van der Waals surface area contributed by atoms with Crippen molar-refractivity contribution in [2.75, 3.05) is 26.2 Å². The molecule has 6 nitrogen and oxygen atoms in total. The summed E-state index contributed by atoms with van der Waals surface area (Å²) in [4.78, 5) is 18.7. The van der Waals surface area contributed by atoms with Crippen LogP contribution in [-0.2, 0) is 0 Å². The number of hydrogen-bond acceptors (Lipinski definition) is 6. The molecular weight excluding hydrogens is 485 g/mol. The summed E-state index contributed by atoms with van der Waals surface area (Å²) in [5.41, 5.74) is 1.99. The van der Waals surface area contributed by atoms with Crippen LogP contribution in [0.1, 0.15) is 27.7 Å². The van der Waals surface area contributed by atoms with Gasteiger partial charge in [-0.15, -0.1) is 0 Å². The molecule has 2 aromatic heterocycles. The number of nitrogens with zero attached hydrogens (tertiary/aromatic N) is 3. The predicted octanol–water partition coefficient (Wildman–Crippen LogP) is 6.38. The van der Waals surface area contributed by atoms with Gasteiger partial charge in [0.2, 0.25) is 0 Å². The van der Waals surface area contributed by atoms with Gasteiger partial charge >= 0.3 is 0 Å². The van der Waals surface area contributed by atoms with Crippen molar-refractivity contribution in [3.63, 3.8) is 0 Å². The van der Waals surface area contributed by atoms with Crippen LogP contribution in [0.5, 0.6) is 5.75 Å². The molecule has 1 N–H and O–H groups in total. The second-order valence-corrected chi connectivity index (χ2v) is 9.36. The number of rotatable bonds is 7. The van der Waals surface area contributed by atoms with Crippen molar-refractivity contribution in [3.05, 3.63) is 73.7 Å². The minimum atomic E-state index is -0.191. The second-order valence-electron chi connectivity index (χ2n) is 7.33. The van der Waals surface area contributed by atoms with Crippen molar-refractivity contribution in [2.24, 2.45) is 0 Å². The Hall–Kier alpha value is -2.59. The molecule has 0 unspecified atom stereocenters. The number of H-pyrrole nitrogens is 1. The van der Waals surface area contributed by atoms with Crippen molar-refractivity contribution in [2.45, 2.75) is 27.7 Å². The van der Waals surface area contributed by atoms with Gasteiger partial charge in [-0.1, -0.05) is 50.3 Å². The first-order chi connectivity index (χ1) is 16.4. The number of para-hydroxylation sites is 1. The summed E-state index contributed by atoms with van der Waals surface area (Å²) < 4.78 is 10.2. The molecule has 2 heterocycles. The monoisotopic (exact) mass is 514 g/mol. The highest BCUT2D eigenvalue weighted by atomic mass is 32.1. The summed E-state index contributed by atoms with van der Waals surface area (Å²) in [6, 6.07) is 16.9. The zero-order valence-electron chi connectivity index (χ0n) is 19.9. The molecular formula is C25H30N4O2S3. The van der Waals surface area contributed by atoms with Crippen LogP contribution in [0.2, 0.25) is 0 Å². The van der Waals surface area contributed by atoms with E-state index in [1.807, 2.05) is 66.1 Å². The lowest BCUT2D eigenvalue weighted by atomic mass is 10.3. The molecule has 4 rings (SSSR count). The average Bonchev–Trinajstić information content (AvgIpc) is 3.18. The van der Waals surface area contributed by atoms with E-state index in [4.69, 9.17) is 29.2 Å². The highest BCUT2D eigenvalue weighted by molar-refractivity contribution is 7.73. The van der Waals surface area contributed by atoms with Crippen LogP contribution in [-0.4, -0.2) is 45.3 Å². The molecule has 0 saturated carbocycles. The molecule has 0 radical (unpaired) electrons. The predicted molar refractivity (Wildman–Crippen MR) is 147 cm³/mol. The Kier molecular flexibility index (Phi) is 9.35. The standard InChI is InChI=1S/C19H15N3O2S3.C6H15N/c1-2-24-14-10-8-13(9-11-14)22-17(23)15-16(20-18(22)25)21(19(26)27-15)12-6-4-3-5-7-12;1-4-7(5-2)6-3/h3-11H,2H2,1H3,(H,20,25);4-6H2,1-3H3. The Morgan fingerprint density at radius 2 is 1.47 bits per heavy atom. The fourth-order valence-electron chi connectivity index (χ4n) is 3.56. The number of thiazole rings is 1. The summed E-state index contributed by atoms with van der Waals surface area (Å²) in [5, 5.41) is 0. The summed E-state index contributed by atoms with van der Waals surface area (Å²) in [6.07, 6.45) is 0. The van der Waals surface area contributed by atoms with E-state index in [0.717, 1.165) is 11.4 Å². The zero-order chi connectivity index (χ0) is 24.7. The SMILES string of the molecule is CCN(CC)CC.CCOc1ccc(-n2c(=S)[nH]c3c(sc(=S)n3-c3ccccc3)c2=O)cc1. The third kappa shape index (κ3) is 5.72. The molecule has 4 aromatic rings. The molecule has 0 spiro atoms. The minimum absolute atomic E-state index is 0.191. The van der Waals surface area contributed by atoms with Gasteiger partial charge in [-0.2, -0.15) is 0 Å². The molecule has 0 aliphatic rings. The van der Waals surface area contributed by atoms with E-state index >= 15 is 0 Å². The van der Waals surface area contributed by atoms with Crippen molar-refractivity contribution < 1.29 is 4.74 Å². The molecule has 0 amide bonds. The van der Waals surface area contributed by atoms with Gasteiger partial charge in [-0.25, -0.2) is 0 Å². The maximum Gasteiger partial charge on any atom is 0.278 e. The van der Waals surface area contributed by atoms with Gasteiger partial charge in [-0.05, 0) is 87.4 Å². The zero-order valence-corrected chi connectivity index (χ0v) is 22.4. The lowest BCUT2D eigenvalue weighted by molar-refractivity contribution is 0.321. The first-order valence-corrected chi connectivity index (χ1v) is 13.0. The Morgan fingerprint density at radius 1 is 0.882 bits per heavy atom. The number of benzene rings is 2. The van der Waals surface area contributed by atoms with Crippen LogP contribution < -0.4 is 10.3 Å². The van der Waals surface area contributed by atoms with Crippen LogP contribution in [0.4, 0.5) is 0 Å². The van der Waals surface area contributed by atoms with Crippen LogP contribution in [0.3, 0.4) is 0 Å². The van der Waals surface area contributed by atoms with Crippen molar-refractivity contribution in [1.82, 2.24) is 19.0 Å². The van der Waals surface area contributed by atoms with Gasteiger partial charge in [0, 0.05) is 5.69 Å². The molecule has 0 saturated heterocycles. The first-order valence-electron chi connectivity index (χ1n) is 11.4. The summed E-state index contributed by atoms with van der Waals surface area (Å²) in [7, 11) is 0. The minimum Gasteiger partial charge on any atom is -0.494 e. The molecule has 0 aliphatic carbocycles. The number of ether oxygens (including phenoxy) is 1. The van der Waals surface area contributed by atoms with Gasteiger partial charge < -0.3 is 14.6 Å². The van der Waals surface area contributed by atoms with E-state index in [1.165, 1.54) is 35.5 Å². The Bertz CT molecular complexity index is 1380. The van der Waals surface area contributed by atoms with E-state index in [-0.39, 0.29) is 5.56 Å². The fraction of sp³-hybridized carbons (Fsp3) is 0.320. The Labute approximate surface area is 214 Å². The number of aromatic amines is 1. The number of nitrogens with one attached hydrogen (secondary N) is 1. The van der Waals surface area contributed by atoms with Crippen LogP contribution >= 0.6 is 35.8 Å². The highest BCUT2D eigenvalue weighted by Crippen LogP contribution is 2.24. The largest absolute Gasteiger partial charge is 0.494 e. The summed E-state index contributed by atoms with van der Waals surface area (Å²) >= 11 is 12.3. The molecule has 0 atom stereocenters. The number of aromatic nitrogens is 3. The average molecular weight is 515 g/mol. The normalized spacial score (nSPS) is 10.9. The Balaban J connectivity index is 0.000000406. The van der Waals surface area contributed by atoms with Gasteiger partial charge in [0.25, 0.3) is 5.56 Å². The molecule has 34 heavy (non-hydrogen) atoms. The first kappa shape index (κ1) is 26.0. The molecule has 0 fully saturated rings. The molecule has 0 bridgehead atoms. The van der Waals surface area contributed by atoms with Crippen molar-refractivity contribution >= 4 is 46.1 Å². The molecule has 0 aliphatic heterocycles. The second kappa shape index (κ2) is 12.2. The van der Waals surface area contributed by atoms with E-state index < -0.39 is 0 Å². The van der Waals surface area contributed by atoms with E-state index in [2.05, 4.69) is 30.7 Å². The van der Waals surface area contributed by atoms with E-state index in [1.54, 1.807) is 0 Å². The molecule has 9 heteroatoms. The Morgan fingerprint density at radius 3 is 2.00 bits per heavy atom. The van der Waals surface area contributed by atoms with Crippen LogP contribution in [0.25, 0.3) is 21.7 Å². The van der Waals surface area contributed by atoms with Crippen LogP contribution in [0.15, 0.2) is 59.4 Å². The van der Waals surface area contributed by atoms with Crippen molar-refractivity contribution in [3.8, 4) is 17.1 Å². The number of hydrogen-bond donors (Lipinski definition) is 1. The van der Waals surface area contributed by atoms with Gasteiger partial charge in [0.05, 0.1) is 12.3 Å². The van der Waals surface area contributed by atoms with Gasteiger partial charge in [0.1, 0.15) is 16.1 Å². The molecule has 2 aromatic carbocycles. The fourth-order valence-corrected chi connectivity index (χ4v) is 5.17. The van der Waals surface area contributed by atoms with Crippen molar-refractivity contribution in [1.29, 1.82) is 0 Å². The maximum absolute atomic E-state index is 13.2. The third-order valence-corrected chi connectivity index (χ3v) is 7.04. The lowest BCUT2D eigenvalue weighted by Gasteiger charge is -2.13. The maximum atomic E-state index is 13.2. The summed E-state index contributed by atoms with van der Waals surface area (Å²) in [6.45, 7) is 12.6. The van der Waals surface area contributed by atoms with E-state index in [0.29, 0.717) is 31.4 Å². The third-order valence-electron chi connectivity index (χ3n) is 5.40. The smallest absolute Gasteiger partial charge is 0.278 e. The highest BCUT2D eigenvalue weighted by Gasteiger charge is 2.15. The van der Waals surface area contributed by atoms with Crippen LogP contribution in [0, 0.1) is 8.73 Å². The topological polar surface area (TPSA) is 55.2 Å². The van der Waals surface area contributed by atoms with E-state index in [9.17, 15) is 4.79 Å². The number of fused-ring (bicyclic) bond motifs is 1.